The molecule has 10 nitrogen and oxygen atoms in total. The van der Waals surface area contributed by atoms with E-state index in [9.17, 15) is 19.2 Å². The number of hydrogen-bond acceptors (Lipinski definition) is 6. The topological polar surface area (TPSA) is 126 Å². The number of likely N-dealkylation sites (tertiary alicyclic amines) is 1. The number of nitrogens with one attached hydrogen (secondary N) is 3. The average Bonchev–Trinajstić information content (AvgIpc) is 2.86. The molecule has 3 rings (SSSR count). The molecule has 198 valence electrons. The van der Waals surface area contributed by atoms with Gasteiger partial charge in [-0.15, -0.1) is 0 Å². The van der Waals surface area contributed by atoms with Crippen molar-refractivity contribution in [3.8, 4) is 0 Å². The van der Waals surface area contributed by atoms with Crippen molar-refractivity contribution >= 4 is 35.6 Å². The van der Waals surface area contributed by atoms with Gasteiger partial charge in [0.25, 0.3) is 11.8 Å². The van der Waals surface area contributed by atoms with Crippen LogP contribution in [0.15, 0.2) is 54.6 Å². The van der Waals surface area contributed by atoms with Crippen LogP contribution in [-0.4, -0.2) is 53.1 Å². The molecule has 0 saturated carbocycles. The summed E-state index contributed by atoms with van der Waals surface area (Å²) in [7, 11) is 0. The zero-order valence-corrected chi connectivity index (χ0v) is 21.7. The second-order valence-corrected chi connectivity index (χ2v) is 10.0. The van der Waals surface area contributed by atoms with E-state index in [0.29, 0.717) is 17.0 Å². The zero-order chi connectivity index (χ0) is 27.0. The maximum atomic E-state index is 12.9. The summed E-state index contributed by atoms with van der Waals surface area (Å²) in [5.74, 6) is -1.12. The molecule has 2 aromatic rings. The van der Waals surface area contributed by atoms with E-state index in [-0.39, 0.29) is 19.6 Å². The van der Waals surface area contributed by atoms with Crippen LogP contribution in [0.5, 0.6) is 0 Å². The lowest BCUT2D eigenvalue weighted by atomic mass is 9.98. The summed E-state index contributed by atoms with van der Waals surface area (Å²) >= 11 is 5.84. The maximum Gasteiger partial charge on any atom is 0.411 e. The van der Waals surface area contributed by atoms with Crippen molar-refractivity contribution in [2.45, 2.75) is 57.9 Å². The Morgan fingerprint density at radius 1 is 0.973 bits per heavy atom. The standard InChI is InChI=1S/C26H31ClN4O6/c1-26(2,3)37-25(35)31-15-20(28-24(34)36-16-17-7-5-4-6-8-17)13-14-21(31)23(33)30-29-22(32)18-9-11-19(27)12-10-18/h4-12,20-21H,13-16H2,1-3H3,(H,28,34)(H,29,32)(H,30,33)/t20-,21+/m0/s1. The predicted octanol–water partition coefficient (Wildman–Crippen LogP) is 3.80. The minimum absolute atomic E-state index is 0.0264. The van der Waals surface area contributed by atoms with Crippen LogP contribution >= 0.6 is 11.6 Å². The van der Waals surface area contributed by atoms with Crippen molar-refractivity contribution < 1.29 is 28.7 Å². The van der Waals surface area contributed by atoms with Gasteiger partial charge in [-0.3, -0.25) is 25.3 Å². The molecule has 4 amide bonds. The van der Waals surface area contributed by atoms with Gasteiger partial charge < -0.3 is 14.8 Å². The summed E-state index contributed by atoms with van der Waals surface area (Å²) in [6, 6.07) is 14.0. The molecule has 1 saturated heterocycles. The number of nitrogens with zero attached hydrogens (tertiary/aromatic N) is 1. The van der Waals surface area contributed by atoms with Crippen molar-refractivity contribution in [2.24, 2.45) is 0 Å². The molecule has 2 aromatic carbocycles. The van der Waals surface area contributed by atoms with Gasteiger partial charge in [0.2, 0.25) is 0 Å². The van der Waals surface area contributed by atoms with E-state index in [1.165, 1.54) is 17.0 Å². The Kier molecular flexibility index (Phi) is 9.35. The van der Waals surface area contributed by atoms with E-state index in [0.717, 1.165) is 5.56 Å². The van der Waals surface area contributed by atoms with Gasteiger partial charge in [0.05, 0.1) is 6.04 Å². The van der Waals surface area contributed by atoms with Crippen LogP contribution in [0, 0.1) is 0 Å². The lowest BCUT2D eigenvalue weighted by Crippen LogP contribution is -2.60. The number of rotatable bonds is 5. The molecule has 1 heterocycles. The Hall–Kier alpha value is -3.79. The van der Waals surface area contributed by atoms with Crippen molar-refractivity contribution in [3.63, 3.8) is 0 Å². The van der Waals surface area contributed by atoms with E-state index in [1.807, 2.05) is 30.3 Å². The fourth-order valence-electron chi connectivity index (χ4n) is 3.69. The van der Waals surface area contributed by atoms with Crippen LogP contribution in [0.2, 0.25) is 5.02 Å². The molecular formula is C26H31ClN4O6. The zero-order valence-electron chi connectivity index (χ0n) is 21.0. The number of amides is 4. The summed E-state index contributed by atoms with van der Waals surface area (Å²) in [5, 5.41) is 3.22. The van der Waals surface area contributed by atoms with Crippen molar-refractivity contribution in [1.82, 2.24) is 21.1 Å². The molecule has 2 atom stereocenters. The number of alkyl carbamates (subject to hydrolysis) is 1. The molecule has 1 aliphatic rings. The molecule has 11 heteroatoms. The van der Waals surface area contributed by atoms with E-state index < -0.39 is 41.7 Å². The fourth-order valence-corrected chi connectivity index (χ4v) is 3.82. The molecule has 37 heavy (non-hydrogen) atoms. The maximum absolute atomic E-state index is 12.9. The lowest BCUT2D eigenvalue weighted by Gasteiger charge is -2.39. The Bertz CT molecular complexity index is 1100. The highest BCUT2D eigenvalue weighted by molar-refractivity contribution is 6.30. The summed E-state index contributed by atoms with van der Waals surface area (Å²) in [6.45, 7) is 5.28. The quantitative estimate of drug-likeness (QED) is 0.505. The first-order valence-corrected chi connectivity index (χ1v) is 12.2. The van der Waals surface area contributed by atoms with Gasteiger partial charge in [-0.05, 0) is 63.4 Å². The SMILES string of the molecule is CC(C)(C)OC(=O)N1C[C@@H](NC(=O)OCc2ccccc2)CC[C@@H]1C(=O)NNC(=O)c1ccc(Cl)cc1. The molecule has 0 radical (unpaired) electrons. The Morgan fingerprint density at radius 3 is 2.30 bits per heavy atom. The van der Waals surface area contributed by atoms with Crippen molar-refractivity contribution in [2.75, 3.05) is 6.54 Å². The van der Waals surface area contributed by atoms with Crippen LogP contribution in [0.4, 0.5) is 9.59 Å². The Balaban J connectivity index is 1.60. The third kappa shape index (κ3) is 8.68. The smallest absolute Gasteiger partial charge is 0.411 e. The predicted molar refractivity (Wildman–Crippen MR) is 137 cm³/mol. The second kappa shape index (κ2) is 12.4. The molecule has 1 aliphatic heterocycles. The molecule has 0 spiro atoms. The molecule has 1 fully saturated rings. The number of carbonyl (C=O) groups is 4. The van der Waals surface area contributed by atoms with E-state index >= 15 is 0 Å². The van der Waals surface area contributed by atoms with Crippen molar-refractivity contribution in [3.05, 3.63) is 70.7 Å². The van der Waals surface area contributed by atoms with E-state index in [1.54, 1.807) is 32.9 Å². The number of hydrazine groups is 1. The minimum Gasteiger partial charge on any atom is -0.445 e. The van der Waals surface area contributed by atoms with Crippen LogP contribution in [0.3, 0.4) is 0 Å². The van der Waals surface area contributed by atoms with Gasteiger partial charge in [0.15, 0.2) is 0 Å². The monoisotopic (exact) mass is 530 g/mol. The van der Waals surface area contributed by atoms with Crippen LogP contribution < -0.4 is 16.2 Å². The first kappa shape index (κ1) is 27.8. The molecule has 0 bridgehead atoms. The number of halogens is 1. The summed E-state index contributed by atoms with van der Waals surface area (Å²) < 4.78 is 10.8. The number of carbonyl (C=O) groups excluding carboxylic acids is 4. The van der Waals surface area contributed by atoms with Gasteiger partial charge in [-0.25, -0.2) is 9.59 Å². The summed E-state index contributed by atoms with van der Waals surface area (Å²) in [5.41, 5.74) is 5.07. The molecule has 0 unspecified atom stereocenters. The van der Waals surface area contributed by atoms with E-state index in [4.69, 9.17) is 21.1 Å². The number of ether oxygens (including phenoxy) is 2. The summed E-state index contributed by atoms with van der Waals surface area (Å²) in [4.78, 5) is 51.8. The van der Waals surface area contributed by atoms with Crippen LogP contribution in [0.25, 0.3) is 0 Å². The van der Waals surface area contributed by atoms with Crippen LogP contribution in [-0.2, 0) is 20.9 Å². The van der Waals surface area contributed by atoms with Gasteiger partial charge in [0, 0.05) is 17.1 Å². The van der Waals surface area contributed by atoms with Gasteiger partial charge in [-0.1, -0.05) is 41.9 Å². The molecule has 0 aromatic heterocycles. The molecular weight excluding hydrogens is 500 g/mol. The number of hydrogen-bond donors (Lipinski definition) is 3. The lowest BCUT2D eigenvalue weighted by molar-refractivity contribution is -0.128. The summed E-state index contributed by atoms with van der Waals surface area (Å²) in [6.07, 6.45) is -0.703. The van der Waals surface area contributed by atoms with Gasteiger partial charge >= 0.3 is 12.2 Å². The largest absolute Gasteiger partial charge is 0.445 e. The first-order valence-electron chi connectivity index (χ1n) is 11.8. The first-order chi connectivity index (χ1) is 17.5. The second-order valence-electron chi connectivity index (χ2n) is 9.58. The minimum atomic E-state index is -0.918. The van der Waals surface area contributed by atoms with Gasteiger partial charge in [0.1, 0.15) is 18.2 Å². The fraction of sp³-hybridized carbons (Fsp3) is 0.385. The molecule has 3 N–H and O–H groups in total. The number of benzene rings is 2. The molecule has 0 aliphatic carbocycles. The van der Waals surface area contributed by atoms with Crippen LogP contribution in [0.1, 0.15) is 49.5 Å². The van der Waals surface area contributed by atoms with E-state index in [2.05, 4.69) is 16.2 Å². The normalized spacial score (nSPS) is 17.4. The Morgan fingerprint density at radius 2 is 1.65 bits per heavy atom. The average molecular weight is 531 g/mol. The Labute approximate surface area is 220 Å². The highest BCUT2D eigenvalue weighted by Crippen LogP contribution is 2.21. The number of piperidine rings is 1. The third-order valence-electron chi connectivity index (χ3n) is 5.45. The van der Waals surface area contributed by atoms with Crippen molar-refractivity contribution in [1.29, 1.82) is 0 Å². The highest BCUT2D eigenvalue weighted by Gasteiger charge is 2.39. The third-order valence-corrected chi connectivity index (χ3v) is 5.70. The van der Waals surface area contributed by atoms with Gasteiger partial charge in [-0.2, -0.15) is 0 Å². The highest BCUT2D eigenvalue weighted by atomic mass is 35.5.